The second kappa shape index (κ2) is 7.37. The van der Waals surface area contributed by atoms with Crippen LogP contribution in [0.4, 0.5) is 0 Å². The molecular weight excluding hydrogens is 222 g/mol. The smallest absolute Gasteiger partial charge is 0.330 e. The molecule has 0 aromatic carbocycles. The molecule has 0 aromatic rings. The van der Waals surface area contributed by atoms with Crippen LogP contribution in [0, 0.1) is 0 Å². The predicted molar refractivity (Wildman–Crippen MR) is 63.0 cm³/mol. The van der Waals surface area contributed by atoms with Crippen molar-refractivity contribution in [2.75, 3.05) is 13.1 Å². The van der Waals surface area contributed by atoms with Gasteiger partial charge in [0.05, 0.1) is 0 Å². The molecule has 0 saturated carbocycles. The Labute approximate surface area is 101 Å². The van der Waals surface area contributed by atoms with Crippen LogP contribution in [0.1, 0.15) is 32.1 Å². The Morgan fingerprint density at radius 3 is 2.76 bits per heavy atom. The number of esters is 2. The normalized spacial score (nSPS) is 21.2. The summed E-state index contributed by atoms with van der Waals surface area (Å²) in [7, 11) is 0. The highest BCUT2D eigenvalue weighted by Crippen LogP contribution is 2.08. The zero-order valence-corrected chi connectivity index (χ0v) is 9.98. The summed E-state index contributed by atoms with van der Waals surface area (Å²) in [5.41, 5.74) is 11.0. The highest BCUT2D eigenvalue weighted by molar-refractivity contribution is 5.90. The van der Waals surface area contributed by atoms with Crippen LogP contribution in [0.3, 0.4) is 0 Å². The van der Waals surface area contributed by atoms with Crippen LogP contribution in [0.2, 0.25) is 0 Å². The topological polar surface area (TPSA) is 107 Å². The van der Waals surface area contributed by atoms with Gasteiger partial charge in [0.25, 0.3) is 0 Å². The fourth-order valence-electron chi connectivity index (χ4n) is 1.76. The van der Waals surface area contributed by atoms with Gasteiger partial charge in [0, 0.05) is 0 Å². The van der Waals surface area contributed by atoms with Gasteiger partial charge in [-0.3, -0.25) is 0 Å². The molecule has 0 bridgehead atoms. The van der Waals surface area contributed by atoms with Crippen molar-refractivity contribution in [3.05, 3.63) is 0 Å². The van der Waals surface area contributed by atoms with Crippen LogP contribution in [-0.4, -0.2) is 37.1 Å². The minimum Gasteiger partial charge on any atom is -0.391 e. The van der Waals surface area contributed by atoms with Crippen LogP contribution >= 0.6 is 0 Å². The van der Waals surface area contributed by atoms with Crippen molar-refractivity contribution in [1.29, 1.82) is 0 Å². The SMILES string of the molecule is NCCCC[C@H](N)C(=O)OC(=O)[C@H]1CCCN1. The van der Waals surface area contributed by atoms with E-state index in [9.17, 15) is 9.59 Å². The first-order chi connectivity index (χ1) is 8.15. The fraction of sp³-hybridized carbons (Fsp3) is 0.818. The highest BCUT2D eigenvalue weighted by atomic mass is 16.6. The number of hydrogen-bond acceptors (Lipinski definition) is 6. The summed E-state index contributed by atoms with van der Waals surface area (Å²) in [6.45, 7) is 1.36. The van der Waals surface area contributed by atoms with Gasteiger partial charge in [0.2, 0.25) is 0 Å². The third-order valence-electron chi connectivity index (χ3n) is 2.82. The van der Waals surface area contributed by atoms with E-state index in [0.29, 0.717) is 19.4 Å². The summed E-state index contributed by atoms with van der Waals surface area (Å²) in [5, 5.41) is 2.97. The minimum absolute atomic E-state index is 0.352. The number of unbranched alkanes of at least 4 members (excludes halogenated alkanes) is 1. The van der Waals surface area contributed by atoms with Gasteiger partial charge in [-0.2, -0.15) is 0 Å². The molecule has 1 aliphatic heterocycles. The van der Waals surface area contributed by atoms with Crippen LogP contribution in [0.5, 0.6) is 0 Å². The largest absolute Gasteiger partial charge is 0.391 e. The maximum atomic E-state index is 11.5. The van der Waals surface area contributed by atoms with Crippen molar-refractivity contribution in [3.8, 4) is 0 Å². The van der Waals surface area contributed by atoms with Crippen LogP contribution in [0.15, 0.2) is 0 Å². The summed E-state index contributed by atoms with van der Waals surface area (Å²) in [5.74, 6) is -1.15. The molecule has 6 heteroatoms. The van der Waals surface area contributed by atoms with Crippen molar-refractivity contribution in [3.63, 3.8) is 0 Å². The van der Waals surface area contributed by atoms with Gasteiger partial charge in [0.1, 0.15) is 12.1 Å². The molecule has 0 unspecified atom stereocenters. The van der Waals surface area contributed by atoms with Crippen LogP contribution in [-0.2, 0) is 14.3 Å². The van der Waals surface area contributed by atoms with E-state index >= 15 is 0 Å². The van der Waals surface area contributed by atoms with Crippen LogP contribution in [0.25, 0.3) is 0 Å². The van der Waals surface area contributed by atoms with E-state index in [1.165, 1.54) is 0 Å². The Kier molecular flexibility index (Phi) is 6.10. The van der Waals surface area contributed by atoms with Gasteiger partial charge >= 0.3 is 11.9 Å². The predicted octanol–water partition coefficient (Wildman–Crippen LogP) is -0.735. The molecule has 98 valence electrons. The molecule has 17 heavy (non-hydrogen) atoms. The quantitative estimate of drug-likeness (QED) is 0.322. The zero-order valence-electron chi connectivity index (χ0n) is 9.98. The molecule has 6 nitrogen and oxygen atoms in total. The van der Waals surface area contributed by atoms with Gasteiger partial charge < -0.3 is 21.5 Å². The minimum atomic E-state index is -0.730. The van der Waals surface area contributed by atoms with E-state index in [1.54, 1.807) is 0 Å². The summed E-state index contributed by atoms with van der Waals surface area (Å²) >= 11 is 0. The van der Waals surface area contributed by atoms with Crippen molar-refractivity contribution in [2.24, 2.45) is 11.5 Å². The van der Waals surface area contributed by atoms with Crippen molar-refractivity contribution >= 4 is 11.9 Å². The van der Waals surface area contributed by atoms with Crippen molar-refractivity contribution < 1.29 is 14.3 Å². The second-order valence-corrected chi connectivity index (χ2v) is 4.28. The molecule has 5 N–H and O–H groups in total. The Morgan fingerprint density at radius 1 is 1.41 bits per heavy atom. The number of carbonyl (C=O) groups excluding carboxylic acids is 2. The lowest BCUT2D eigenvalue weighted by Crippen LogP contribution is -2.39. The lowest BCUT2D eigenvalue weighted by atomic mass is 10.1. The number of nitrogens with one attached hydrogen (secondary N) is 1. The van der Waals surface area contributed by atoms with Gasteiger partial charge in [0.15, 0.2) is 0 Å². The summed E-state index contributed by atoms with van der Waals surface area (Å²) in [6.07, 6.45) is 3.73. The molecule has 0 amide bonds. The molecule has 1 rings (SSSR count). The molecule has 2 atom stereocenters. The summed E-state index contributed by atoms with van der Waals surface area (Å²) in [6, 6.07) is -1.08. The van der Waals surface area contributed by atoms with Crippen LogP contribution < -0.4 is 16.8 Å². The Balaban J connectivity index is 2.24. The summed E-state index contributed by atoms with van der Waals surface area (Å²) in [4.78, 5) is 23.0. The van der Waals surface area contributed by atoms with Gasteiger partial charge in [-0.1, -0.05) is 6.42 Å². The van der Waals surface area contributed by atoms with E-state index in [2.05, 4.69) is 5.32 Å². The lowest BCUT2D eigenvalue weighted by molar-refractivity contribution is -0.162. The molecule has 0 aliphatic carbocycles. The molecular formula is C11H21N3O3. The zero-order chi connectivity index (χ0) is 12.7. The Morgan fingerprint density at radius 2 is 2.18 bits per heavy atom. The van der Waals surface area contributed by atoms with Crippen molar-refractivity contribution in [1.82, 2.24) is 5.32 Å². The van der Waals surface area contributed by atoms with Gasteiger partial charge in [-0.05, 0) is 38.8 Å². The van der Waals surface area contributed by atoms with E-state index in [1.807, 2.05) is 0 Å². The first-order valence-corrected chi connectivity index (χ1v) is 6.09. The number of rotatable bonds is 6. The molecule has 1 aliphatic rings. The van der Waals surface area contributed by atoms with E-state index < -0.39 is 18.0 Å². The standard InChI is InChI=1S/C11H21N3O3/c12-6-2-1-4-8(13)10(15)17-11(16)9-5-3-7-14-9/h8-9,14H,1-7,12-13H2/t8-,9+/m0/s1. The maximum absolute atomic E-state index is 11.5. The molecule has 1 saturated heterocycles. The molecule has 0 radical (unpaired) electrons. The molecule has 0 aromatic heterocycles. The number of ether oxygens (including phenoxy) is 1. The summed E-state index contributed by atoms with van der Waals surface area (Å²) < 4.78 is 4.73. The van der Waals surface area contributed by atoms with E-state index in [-0.39, 0.29) is 6.04 Å². The Bertz CT molecular complexity index is 265. The highest BCUT2D eigenvalue weighted by Gasteiger charge is 2.27. The molecule has 1 heterocycles. The third kappa shape index (κ3) is 4.80. The average Bonchev–Trinajstić information content (AvgIpc) is 2.82. The number of hydrogen-bond donors (Lipinski definition) is 3. The second-order valence-electron chi connectivity index (χ2n) is 4.28. The molecule has 1 fully saturated rings. The van der Waals surface area contributed by atoms with E-state index in [0.717, 1.165) is 25.8 Å². The lowest BCUT2D eigenvalue weighted by Gasteiger charge is -2.12. The average molecular weight is 243 g/mol. The first-order valence-electron chi connectivity index (χ1n) is 6.09. The molecule has 0 spiro atoms. The Hall–Kier alpha value is -0.980. The maximum Gasteiger partial charge on any atom is 0.330 e. The van der Waals surface area contributed by atoms with Gasteiger partial charge in [-0.25, -0.2) is 9.59 Å². The van der Waals surface area contributed by atoms with E-state index in [4.69, 9.17) is 16.2 Å². The fourth-order valence-corrected chi connectivity index (χ4v) is 1.76. The third-order valence-corrected chi connectivity index (χ3v) is 2.82. The van der Waals surface area contributed by atoms with Crippen molar-refractivity contribution in [2.45, 2.75) is 44.2 Å². The van der Waals surface area contributed by atoms with Gasteiger partial charge in [-0.15, -0.1) is 0 Å². The first kappa shape index (κ1) is 14.1. The number of nitrogens with two attached hydrogens (primary N) is 2. The monoisotopic (exact) mass is 243 g/mol. The number of carbonyl (C=O) groups is 2.